The van der Waals surface area contributed by atoms with E-state index in [0.29, 0.717) is 19.3 Å². The number of carbonyl (C=O) groups excluding carboxylic acids is 3. The van der Waals surface area contributed by atoms with Crippen molar-refractivity contribution in [3.63, 3.8) is 0 Å². The Labute approximate surface area is 235 Å². The van der Waals surface area contributed by atoms with Crippen molar-refractivity contribution in [1.82, 2.24) is 16.0 Å². The molecule has 1 aromatic rings. The molecule has 12 nitrogen and oxygen atoms in total. The van der Waals surface area contributed by atoms with E-state index < -0.39 is 60.1 Å². The topological polar surface area (TPSA) is 192 Å². The second-order valence-electron chi connectivity index (χ2n) is 10.0. The van der Waals surface area contributed by atoms with E-state index in [0.717, 1.165) is 11.3 Å². The van der Waals surface area contributed by atoms with Crippen LogP contribution in [0.15, 0.2) is 36.4 Å². The van der Waals surface area contributed by atoms with Gasteiger partial charge in [0, 0.05) is 18.7 Å². The van der Waals surface area contributed by atoms with Gasteiger partial charge in [-0.2, -0.15) is 0 Å². The average Bonchev–Trinajstić information content (AvgIpc) is 2.92. The van der Waals surface area contributed by atoms with Crippen LogP contribution in [0.25, 0.3) is 0 Å². The molecule has 0 saturated carbocycles. The summed E-state index contributed by atoms with van der Waals surface area (Å²) in [6.45, 7) is 5.77. The van der Waals surface area contributed by atoms with Gasteiger partial charge in [0.25, 0.3) is 0 Å². The lowest BCUT2D eigenvalue weighted by atomic mass is 10.0. The van der Waals surface area contributed by atoms with Crippen molar-refractivity contribution < 1.29 is 34.1 Å². The number of aryl methyl sites for hydroxylation is 1. The first-order chi connectivity index (χ1) is 19.0. The van der Waals surface area contributed by atoms with Gasteiger partial charge in [-0.1, -0.05) is 43.2 Å². The molecule has 1 aromatic carbocycles. The van der Waals surface area contributed by atoms with Gasteiger partial charge in [-0.3, -0.25) is 19.2 Å². The molecular formula is C28H43N5O7. The monoisotopic (exact) mass is 561 g/mol. The molecule has 3 amide bonds. The van der Waals surface area contributed by atoms with Crippen molar-refractivity contribution >= 4 is 29.4 Å². The van der Waals surface area contributed by atoms with E-state index in [1.54, 1.807) is 19.1 Å². The van der Waals surface area contributed by atoms with Crippen molar-refractivity contribution in [2.24, 2.45) is 5.73 Å². The average molecular weight is 562 g/mol. The van der Waals surface area contributed by atoms with E-state index in [1.807, 2.05) is 38.1 Å². The Kier molecular flexibility index (Phi) is 13.6. The zero-order valence-corrected chi connectivity index (χ0v) is 23.4. The first kappa shape index (κ1) is 32.7. The number of aliphatic hydroxyl groups is 1. The summed E-state index contributed by atoms with van der Waals surface area (Å²) in [5.41, 5.74) is 7.77. The number of aliphatic hydroxyl groups excluding tert-OH is 1. The number of carboxylic acid groups (broad SMARTS) is 1. The molecule has 1 aliphatic rings. The Hall–Kier alpha value is -3.48. The number of carbonyl (C=O) groups is 4. The number of rotatable bonds is 11. The van der Waals surface area contributed by atoms with Crippen LogP contribution in [-0.2, 0) is 23.9 Å². The summed E-state index contributed by atoms with van der Waals surface area (Å²) in [6, 6.07) is 3.85. The third-order valence-corrected chi connectivity index (χ3v) is 6.64. The van der Waals surface area contributed by atoms with E-state index in [1.165, 1.54) is 0 Å². The number of nitrogens with two attached hydrogens (primary N) is 1. The third-order valence-electron chi connectivity index (χ3n) is 6.64. The number of ether oxygens (including phenoxy) is 1. The van der Waals surface area contributed by atoms with Crippen LogP contribution in [0.3, 0.4) is 0 Å². The molecule has 40 heavy (non-hydrogen) atoms. The number of anilines is 1. The molecular weight excluding hydrogens is 518 g/mol. The quantitative estimate of drug-likeness (QED) is 0.189. The Morgan fingerprint density at radius 1 is 1.15 bits per heavy atom. The minimum absolute atomic E-state index is 0.100. The van der Waals surface area contributed by atoms with Gasteiger partial charge in [-0.25, -0.2) is 0 Å². The van der Waals surface area contributed by atoms with E-state index in [4.69, 9.17) is 15.6 Å². The molecule has 0 spiro atoms. The molecule has 0 aromatic heterocycles. The van der Waals surface area contributed by atoms with Crippen LogP contribution in [-0.4, -0.2) is 83.4 Å². The van der Waals surface area contributed by atoms with Gasteiger partial charge in [0.05, 0.1) is 30.9 Å². The molecule has 0 unspecified atom stereocenters. The first-order valence-corrected chi connectivity index (χ1v) is 13.7. The molecule has 0 fully saturated rings. The lowest BCUT2D eigenvalue weighted by Crippen LogP contribution is -2.60. The fraction of sp³-hybridized carbons (Fsp3) is 0.571. The lowest BCUT2D eigenvalue weighted by molar-refractivity contribution is -0.138. The van der Waals surface area contributed by atoms with E-state index in [2.05, 4.69) is 21.3 Å². The van der Waals surface area contributed by atoms with Crippen LogP contribution in [0.1, 0.15) is 51.5 Å². The SMILES string of the molecule is CCC[C@@H]1NC(=O)[C@@H](NC(=O)[C@@H](N)CCC(=O)O)[C@H](C)OC/C=C\C[C@@H]([C@H](O)CNc2ccc(C)cc2)NC1=O. The standard InChI is InChI=1S/C28H43N5O7/c1-4-7-22-27(38)31-21(23(34)16-30-19-11-9-17(2)10-12-19)8-5-6-15-40-18(3)25(28(39)32-22)33-26(37)20(29)13-14-24(35)36/h5-6,9-12,18,20-23,25,30,34H,4,7-8,13-16,29H2,1-3H3,(H,31,38)(H,32,39)(H,33,37)(H,35,36)/b6-5-/t18-,20-,21-,22-,23+,25-/m0/s1. The maximum Gasteiger partial charge on any atom is 0.303 e. The third kappa shape index (κ3) is 10.9. The highest BCUT2D eigenvalue weighted by atomic mass is 16.5. The Bertz CT molecular complexity index is 1020. The van der Waals surface area contributed by atoms with Crippen molar-refractivity contribution in [3.05, 3.63) is 42.0 Å². The number of nitrogens with one attached hydrogen (secondary N) is 4. The van der Waals surface area contributed by atoms with E-state index >= 15 is 0 Å². The van der Waals surface area contributed by atoms with Crippen LogP contribution in [0, 0.1) is 6.92 Å². The highest BCUT2D eigenvalue weighted by Gasteiger charge is 2.33. The summed E-state index contributed by atoms with van der Waals surface area (Å²) in [5.74, 6) is -2.88. The highest BCUT2D eigenvalue weighted by Crippen LogP contribution is 2.12. The minimum atomic E-state index is -1.18. The maximum atomic E-state index is 13.3. The molecule has 0 saturated heterocycles. The number of hydrogen-bond acceptors (Lipinski definition) is 8. The molecule has 6 atom stereocenters. The van der Waals surface area contributed by atoms with Crippen molar-refractivity contribution in [2.45, 2.75) is 89.3 Å². The van der Waals surface area contributed by atoms with Crippen LogP contribution in [0.4, 0.5) is 5.69 Å². The second-order valence-corrected chi connectivity index (χ2v) is 10.0. The van der Waals surface area contributed by atoms with Gasteiger partial charge in [0.15, 0.2) is 0 Å². The smallest absolute Gasteiger partial charge is 0.303 e. The second kappa shape index (κ2) is 16.6. The molecule has 222 valence electrons. The Morgan fingerprint density at radius 3 is 2.50 bits per heavy atom. The van der Waals surface area contributed by atoms with Crippen LogP contribution in [0.2, 0.25) is 0 Å². The number of hydrogen-bond donors (Lipinski definition) is 7. The summed E-state index contributed by atoms with van der Waals surface area (Å²) in [7, 11) is 0. The van der Waals surface area contributed by atoms with E-state index in [9.17, 15) is 24.3 Å². The normalized spacial score (nSPS) is 24.6. The van der Waals surface area contributed by atoms with E-state index in [-0.39, 0.29) is 26.0 Å². The fourth-order valence-corrected chi connectivity index (χ4v) is 4.13. The van der Waals surface area contributed by atoms with Crippen LogP contribution < -0.4 is 27.0 Å². The van der Waals surface area contributed by atoms with Gasteiger partial charge >= 0.3 is 5.97 Å². The van der Waals surface area contributed by atoms with Crippen molar-refractivity contribution in [3.8, 4) is 0 Å². The Morgan fingerprint density at radius 2 is 1.85 bits per heavy atom. The van der Waals surface area contributed by atoms with Crippen LogP contribution in [0.5, 0.6) is 0 Å². The summed E-state index contributed by atoms with van der Waals surface area (Å²) in [5, 5.41) is 31.1. The van der Waals surface area contributed by atoms with Gasteiger partial charge in [-0.05, 0) is 45.2 Å². The largest absolute Gasteiger partial charge is 0.481 e. The zero-order valence-electron chi connectivity index (χ0n) is 23.4. The minimum Gasteiger partial charge on any atom is -0.481 e. The molecule has 2 rings (SSSR count). The van der Waals surface area contributed by atoms with Crippen molar-refractivity contribution in [2.75, 3.05) is 18.5 Å². The molecule has 0 aliphatic carbocycles. The summed E-state index contributed by atoms with van der Waals surface area (Å²) in [4.78, 5) is 50.0. The molecule has 1 aliphatic heterocycles. The molecule has 8 N–H and O–H groups in total. The number of aliphatic carboxylic acids is 1. The summed E-state index contributed by atoms with van der Waals surface area (Å²) < 4.78 is 5.77. The molecule has 0 radical (unpaired) electrons. The molecule has 0 bridgehead atoms. The van der Waals surface area contributed by atoms with Gasteiger partial charge in [0.1, 0.15) is 12.1 Å². The van der Waals surface area contributed by atoms with Gasteiger partial charge in [0.2, 0.25) is 17.7 Å². The molecule has 12 heteroatoms. The highest BCUT2D eigenvalue weighted by molar-refractivity contribution is 5.93. The van der Waals surface area contributed by atoms with Gasteiger partial charge < -0.3 is 42.0 Å². The predicted molar refractivity (Wildman–Crippen MR) is 150 cm³/mol. The lowest BCUT2D eigenvalue weighted by Gasteiger charge is -2.29. The Balaban J connectivity index is 2.16. The number of benzene rings is 1. The van der Waals surface area contributed by atoms with Gasteiger partial charge in [-0.15, -0.1) is 0 Å². The predicted octanol–water partition coefficient (Wildman–Crippen LogP) is 0.579. The van der Waals surface area contributed by atoms with Crippen molar-refractivity contribution in [1.29, 1.82) is 0 Å². The summed E-state index contributed by atoms with van der Waals surface area (Å²) in [6.07, 6.45) is 2.62. The van der Waals surface area contributed by atoms with Crippen LogP contribution >= 0.6 is 0 Å². The fourth-order valence-electron chi connectivity index (χ4n) is 4.13. The zero-order chi connectivity index (χ0) is 29.7. The molecule has 1 heterocycles. The number of amides is 3. The summed E-state index contributed by atoms with van der Waals surface area (Å²) >= 11 is 0. The first-order valence-electron chi connectivity index (χ1n) is 13.7. The number of carboxylic acids is 1. The maximum absolute atomic E-state index is 13.3.